The van der Waals surface area contributed by atoms with Gasteiger partial charge in [-0.1, -0.05) is 40.0 Å². The minimum absolute atomic E-state index is 0.138. The molecule has 0 saturated heterocycles. The molecule has 0 aliphatic carbocycles. The van der Waals surface area contributed by atoms with Crippen molar-refractivity contribution in [2.75, 3.05) is 26.2 Å². The summed E-state index contributed by atoms with van der Waals surface area (Å²) in [7, 11) is 0. The number of unbranched alkanes of at least 4 members (excludes halogenated alkanes) is 3. The van der Waals surface area contributed by atoms with Crippen molar-refractivity contribution in [3.63, 3.8) is 0 Å². The van der Waals surface area contributed by atoms with Crippen LogP contribution in [0.25, 0.3) is 0 Å². The number of hydrogen-bond donors (Lipinski definition) is 5. The maximum Gasteiger partial charge on any atom is 0.243 e. The van der Waals surface area contributed by atoms with Gasteiger partial charge in [0.2, 0.25) is 23.6 Å². The fraction of sp³-hybridized carbons (Fsp3) is 0.778. The van der Waals surface area contributed by atoms with E-state index in [2.05, 4.69) is 28.2 Å². The molecule has 0 saturated carbocycles. The van der Waals surface area contributed by atoms with Crippen molar-refractivity contribution in [2.45, 2.75) is 58.9 Å². The summed E-state index contributed by atoms with van der Waals surface area (Å²) in [5.41, 5.74) is 5.15. The van der Waals surface area contributed by atoms with Crippen LogP contribution in [0.15, 0.2) is 0 Å². The molecule has 9 heteroatoms. The molecule has 0 bridgehead atoms. The first-order chi connectivity index (χ1) is 12.8. The highest BCUT2D eigenvalue weighted by atomic mass is 16.2. The van der Waals surface area contributed by atoms with Crippen LogP contribution in [0.1, 0.15) is 52.9 Å². The molecule has 4 amide bonds. The molecule has 0 aromatic heterocycles. The first-order valence-electron chi connectivity index (χ1n) is 9.60. The average Bonchev–Trinajstić information content (AvgIpc) is 2.62. The van der Waals surface area contributed by atoms with Gasteiger partial charge in [0, 0.05) is 6.54 Å². The van der Waals surface area contributed by atoms with E-state index < -0.39 is 23.8 Å². The molecule has 9 nitrogen and oxygen atoms in total. The normalized spacial score (nSPS) is 11.6. The van der Waals surface area contributed by atoms with Crippen molar-refractivity contribution in [1.82, 2.24) is 21.3 Å². The second kappa shape index (κ2) is 15.0. The van der Waals surface area contributed by atoms with Crippen LogP contribution in [0.5, 0.6) is 0 Å². The summed E-state index contributed by atoms with van der Waals surface area (Å²) in [4.78, 5) is 47.1. The monoisotopic (exact) mass is 385 g/mol. The van der Waals surface area contributed by atoms with Gasteiger partial charge >= 0.3 is 0 Å². The lowest BCUT2D eigenvalue weighted by atomic mass is 10.0. The van der Waals surface area contributed by atoms with Crippen molar-refractivity contribution >= 4 is 23.6 Å². The SMILES string of the molecule is CCCCCCNC(=O)CNC(=O)[C@H](CC(C)C)NC(=O)CNC(=O)CN. The predicted molar refractivity (Wildman–Crippen MR) is 104 cm³/mol. The average molecular weight is 386 g/mol. The largest absolute Gasteiger partial charge is 0.355 e. The lowest BCUT2D eigenvalue weighted by molar-refractivity contribution is -0.131. The topological polar surface area (TPSA) is 142 Å². The van der Waals surface area contributed by atoms with Crippen LogP contribution in [0, 0.1) is 5.92 Å². The lowest BCUT2D eigenvalue weighted by Crippen LogP contribution is -2.51. The van der Waals surface area contributed by atoms with Gasteiger partial charge in [0.1, 0.15) is 6.04 Å². The number of carbonyl (C=O) groups is 4. The summed E-state index contributed by atoms with van der Waals surface area (Å²) >= 11 is 0. The van der Waals surface area contributed by atoms with E-state index in [0.29, 0.717) is 13.0 Å². The molecule has 0 aromatic rings. The second-order valence-corrected chi connectivity index (χ2v) is 6.86. The van der Waals surface area contributed by atoms with Gasteiger partial charge in [-0.25, -0.2) is 0 Å². The zero-order valence-corrected chi connectivity index (χ0v) is 16.7. The standard InChI is InChI=1S/C18H35N5O4/c1-4-5-6-7-8-20-16(25)11-22-18(27)14(9-13(2)3)23-17(26)12-21-15(24)10-19/h13-14H,4-12,19H2,1-3H3,(H,20,25)(H,21,24)(H,22,27)(H,23,26)/t14-/m0/s1. The van der Waals surface area contributed by atoms with E-state index >= 15 is 0 Å². The first kappa shape index (κ1) is 24.8. The Bertz CT molecular complexity index is 482. The highest BCUT2D eigenvalue weighted by molar-refractivity contribution is 5.92. The van der Waals surface area contributed by atoms with E-state index in [1.165, 1.54) is 0 Å². The lowest BCUT2D eigenvalue weighted by Gasteiger charge is -2.20. The van der Waals surface area contributed by atoms with Gasteiger partial charge in [0.15, 0.2) is 0 Å². The maximum absolute atomic E-state index is 12.3. The Balaban J connectivity index is 4.34. The Morgan fingerprint density at radius 3 is 2.11 bits per heavy atom. The van der Waals surface area contributed by atoms with Gasteiger partial charge in [-0.15, -0.1) is 0 Å². The summed E-state index contributed by atoms with van der Waals surface area (Å²) in [6, 6.07) is -0.773. The van der Waals surface area contributed by atoms with Gasteiger partial charge in [-0.3, -0.25) is 19.2 Å². The Morgan fingerprint density at radius 2 is 1.52 bits per heavy atom. The summed E-state index contributed by atoms with van der Waals surface area (Å²) in [6.45, 7) is 5.94. The summed E-state index contributed by atoms with van der Waals surface area (Å²) < 4.78 is 0. The molecule has 0 fully saturated rings. The van der Waals surface area contributed by atoms with Crippen molar-refractivity contribution in [3.05, 3.63) is 0 Å². The summed E-state index contributed by atoms with van der Waals surface area (Å²) in [5, 5.41) is 10.2. The van der Waals surface area contributed by atoms with E-state index in [1.54, 1.807) is 0 Å². The van der Waals surface area contributed by atoms with E-state index in [9.17, 15) is 19.2 Å². The van der Waals surface area contributed by atoms with Gasteiger partial charge in [-0.05, 0) is 18.8 Å². The van der Waals surface area contributed by atoms with Crippen molar-refractivity contribution in [1.29, 1.82) is 0 Å². The van der Waals surface area contributed by atoms with E-state index in [-0.39, 0.29) is 31.5 Å². The smallest absolute Gasteiger partial charge is 0.243 e. The molecule has 0 spiro atoms. The molecule has 0 rings (SSSR count). The van der Waals surface area contributed by atoms with Crippen molar-refractivity contribution < 1.29 is 19.2 Å². The molecule has 0 heterocycles. The number of nitrogens with one attached hydrogen (secondary N) is 4. The van der Waals surface area contributed by atoms with Crippen LogP contribution in [-0.2, 0) is 19.2 Å². The molecule has 0 aliphatic rings. The van der Waals surface area contributed by atoms with Crippen LogP contribution >= 0.6 is 0 Å². The predicted octanol–water partition coefficient (Wildman–Crippen LogP) is -0.595. The van der Waals surface area contributed by atoms with Crippen LogP contribution in [0.4, 0.5) is 0 Å². The van der Waals surface area contributed by atoms with Crippen LogP contribution in [0.2, 0.25) is 0 Å². The molecule has 27 heavy (non-hydrogen) atoms. The first-order valence-corrected chi connectivity index (χ1v) is 9.60. The number of carbonyl (C=O) groups excluding carboxylic acids is 4. The van der Waals surface area contributed by atoms with Gasteiger partial charge < -0.3 is 27.0 Å². The van der Waals surface area contributed by atoms with E-state index in [4.69, 9.17) is 5.73 Å². The van der Waals surface area contributed by atoms with E-state index in [1.807, 2.05) is 13.8 Å². The summed E-state index contributed by atoms with van der Waals surface area (Å²) in [6.07, 6.45) is 4.65. The molecule has 1 atom stereocenters. The Morgan fingerprint density at radius 1 is 0.852 bits per heavy atom. The third kappa shape index (κ3) is 13.7. The molecule has 0 unspecified atom stereocenters. The Labute approximate surface area is 161 Å². The minimum Gasteiger partial charge on any atom is -0.355 e. The minimum atomic E-state index is -0.773. The van der Waals surface area contributed by atoms with Crippen LogP contribution in [-0.4, -0.2) is 55.8 Å². The summed E-state index contributed by atoms with van der Waals surface area (Å²) in [5.74, 6) is -1.47. The number of nitrogens with two attached hydrogens (primary N) is 1. The quantitative estimate of drug-likeness (QED) is 0.254. The zero-order valence-electron chi connectivity index (χ0n) is 16.7. The highest BCUT2D eigenvalue weighted by Crippen LogP contribution is 2.05. The maximum atomic E-state index is 12.3. The van der Waals surface area contributed by atoms with Gasteiger partial charge in [0.25, 0.3) is 0 Å². The number of rotatable bonds is 14. The fourth-order valence-electron chi connectivity index (χ4n) is 2.33. The van der Waals surface area contributed by atoms with Gasteiger partial charge in [0.05, 0.1) is 19.6 Å². The number of amides is 4. The molecule has 156 valence electrons. The number of hydrogen-bond acceptors (Lipinski definition) is 5. The van der Waals surface area contributed by atoms with Gasteiger partial charge in [-0.2, -0.15) is 0 Å². The van der Waals surface area contributed by atoms with Crippen LogP contribution < -0.4 is 27.0 Å². The molecule has 0 radical (unpaired) electrons. The third-order valence-electron chi connectivity index (χ3n) is 3.77. The highest BCUT2D eigenvalue weighted by Gasteiger charge is 2.22. The Kier molecular flexibility index (Phi) is 13.8. The fourth-order valence-corrected chi connectivity index (χ4v) is 2.33. The molecule has 0 aromatic carbocycles. The molecule has 6 N–H and O–H groups in total. The van der Waals surface area contributed by atoms with Crippen LogP contribution in [0.3, 0.4) is 0 Å². The third-order valence-corrected chi connectivity index (χ3v) is 3.77. The Hall–Kier alpha value is -2.16. The second-order valence-electron chi connectivity index (χ2n) is 6.86. The molecule has 0 aliphatic heterocycles. The zero-order chi connectivity index (χ0) is 20.7. The van der Waals surface area contributed by atoms with Crippen molar-refractivity contribution in [3.8, 4) is 0 Å². The van der Waals surface area contributed by atoms with E-state index in [0.717, 1.165) is 25.7 Å². The molecular formula is C18H35N5O4. The molecular weight excluding hydrogens is 350 g/mol. The van der Waals surface area contributed by atoms with Crippen molar-refractivity contribution in [2.24, 2.45) is 11.7 Å².